The van der Waals surface area contributed by atoms with Crippen LogP contribution in [-0.4, -0.2) is 15.5 Å². The Labute approximate surface area is 132 Å². The molecule has 0 saturated carbocycles. The predicted molar refractivity (Wildman–Crippen MR) is 87.3 cm³/mol. The predicted octanol–water partition coefficient (Wildman–Crippen LogP) is 3.37. The minimum Gasteiger partial charge on any atom is -0.497 e. The third-order valence-electron chi connectivity index (χ3n) is 3.48. The molecule has 2 aromatic carbocycles. The number of sulfonamides is 1. The molecule has 1 N–H and O–H groups in total. The Hall–Kier alpha value is -1.85. The fourth-order valence-electron chi connectivity index (χ4n) is 2.24. The highest BCUT2D eigenvalue weighted by atomic mass is 32.2. The van der Waals surface area contributed by atoms with Crippen molar-refractivity contribution in [2.45, 2.75) is 24.8 Å². The van der Waals surface area contributed by atoms with Crippen molar-refractivity contribution in [1.82, 2.24) is 4.72 Å². The fourth-order valence-corrected chi connectivity index (χ4v) is 3.63. The van der Waals surface area contributed by atoms with Crippen LogP contribution in [0, 0.1) is 5.92 Å². The van der Waals surface area contributed by atoms with E-state index in [1.165, 1.54) is 0 Å². The van der Waals surface area contributed by atoms with Crippen LogP contribution in [0.4, 0.5) is 0 Å². The maximum Gasteiger partial charge on any atom is 0.241 e. The lowest BCUT2D eigenvalue weighted by Gasteiger charge is -2.23. The number of benzene rings is 2. The van der Waals surface area contributed by atoms with E-state index < -0.39 is 10.0 Å². The second-order valence-corrected chi connectivity index (χ2v) is 7.14. The molecule has 0 fully saturated rings. The molecule has 2 aromatic rings. The highest BCUT2D eigenvalue weighted by Crippen LogP contribution is 2.26. The molecule has 0 aliphatic carbocycles. The van der Waals surface area contributed by atoms with E-state index in [0.29, 0.717) is 0 Å². The molecular weight excluding hydrogens is 298 g/mol. The van der Waals surface area contributed by atoms with Gasteiger partial charge in [-0.1, -0.05) is 44.2 Å². The molecule has 22 heavy (non-hydrogen) atoms. The van der Waals surface area contributed by atoms with Crippen molar-refractivity contribution < 1.29 is 13.2 Å². The van der Waals surface area contributed by atoms with Crippen molar-refractivity contribution in [2.75, 3.05) is 7.11 Å². The van der Waals surface area contributed by atoms with E-state index in [0.717, 1.165) is 11.3 Å². The van der Waals surface area contributed by atoms with Crippen LogP contribution in [0.3, 0.4) is 0 Å². The summed E-state index contributed by atoms with van der Waals surface area (Å²) < 4.78 is 33.0. The third-order valence-corrected chi connectivity index (χ3v) is 4.93. The third kappa shape index (κ3) is 3.87. The van der Waals surface area contributed by atoms with Gasteiger partial charge in [0, 0.05) is 6.04 Å². The van der Waals surface area contributed by atoms with Gasteiger partial charge in [0.1, 0.15) is 5.75 Å². The lowest BCUT2D eigenvalue weighted by molar-refractivity contribution is 0.413. The molecule has 0 saturated heterocycles. The van der Waals surface area contributed by atoms with Gasteiger partial charge in [-0.25, -0.2) is 13.1 Å². The summed E-state index contributed by atoms with van der Waals surface area (Å²) in [7, 11) is -1.95. The van der Waals surface area contributed by atoms with Crippen LogP contribution in [0.5, 0.6) is 5.75 Å². The van der Waals surface area contributed by atoms with Gasteiger partial charge in [0.05, 0.1) is 12.0 Å². The van der Waals surface area contributed by atoms with E-state index in [1.54, 1.807) is 37.4 Å². The van der Waals surface area contributed by atoms with Crippen LogP contribution in [0.25, 0.3) is 0 Å². The molecule has 0 aliphatic rings. The molecule has 0 aromatic heterocycles. The molecule has 118 valence electrons. The van der Waals surface area contributed by atoms with Gasteiger partial charge in [-0.15, -0.1) is 0 Å². The summed E-state index contributed by atoms with van der Waals surface area (Å²) in [6.45, 7) is 3.98. The number of nitrogens with one attached hydrogen (secondary N) is 1. The Bertz CT molecular complexity index is 694. The summed E-state index contributed by atoms with van der Waals surface area (Å²) in [6, 6.07) is 15.6. The van der Waals surface area contributed by atoms with Gasteiger partial charge in [-0.2, -0.15) is 0 Å². The molecule has 0 amide bonds. The van der Waals surface area contributed by atoms with Gasteiger partial charge >= 0.3 is 0 Å². The average molecular weight is 319 g/mol. The molecule has 0 radical (unpaired) electrons. The maximum absolute atomic E-state index is 12.5. The molecule has 0 heterocycles. The number of rotatable bonds is 6. The van der Waals surface area contributed by atoms with Crippen molar-refractivity contribution in [3.8, 4) is 5.75 Å². The molecule has 1 atom stereocenters. The highest BCUT2D eigenvalue weighted by molar-refractivity contribution is 7.89. The van der Waals surface area contributed by atoms with E-state index in [1.807, 2.05) is 38.1 Å². The number of methoxy groups -OCH3 is 1. The summed E-state index contributed by atoms with van der Waals surface area (Å²) in [4.78, 5) is 0.272. The van der Waals surface area contributed by atoms with Crippen molar-refractivity contribution >= 4 is 10.0 Å². The first-order valence-corrected chi connectivity index (χ1v) is 8.63. The second-order valence-electron chi connectivity index (χ2n) is 5.43. The van der Waals surface area contributed by atoms with Gasteiger partial charge in [-0.05, 0) is 35.7 Å². The Morgan fingerprint density at radius 2 is 1.55 bits per heavy atom. The van der Waals surface area contributed by atoms with Crippen molar-refractivity contribution in [1.29, 1.82) is 0 Å². The number of ether oxygens (including phenoxy) is 1. The van der Waals surface area contributed by atoms with E-state index in [2.05, 4.69) is 4.72 Å². The van der Waals surface area contributed by atoms with Gasteiger partial charge in [-0.3, -0.25) is 0 Å². The second kappa shape index (κ2) is 6.94. The minimum atomic E-state index is -3.55. The molecule has 0 aliphatic heterocycles. The van der Waals surface area contributed by atoms with Crippen LogP contribution >= 0.6 is 0 Å². The molecular formula is C17H21NO3S. The van der Waals surface area contributed by atoms with Gasteiger partial charge in [0.2, 0.25) is 10.0 Å². The zero-order valence-electron chi connectivity index (χ0n) is 13.0. The van der Waals surface area contributed by atoms with Crippen molar-refractivity contribution in [3.05, 3.63) is 60.2 Å². The maximum atomic E-state index is 12.5. The monoisotopic (exact) mass is 319 g/mol. The van der Waals surface area contributed by atoms with Crippen LogP contribution in [0.1, 0.15) is 25.5 Å². The molecule has 2 rings (SSSR count). The van der Waals surface area contributed by atoms with Crippen LogP contribution < -0.4 is 9.46 Å². The Kier molecular flexibility index (Phi) is 5.21. The van der Waals surface area contributed by atoms with Gasteiger partial charge < -0.3 is 4.74 Å². The molecule has 0 spiro atoms. The number of hydrogen-bond acceptors (Lipinski definition) is 3. The van der Waals surface area contributed by atoms with Gasteiger partial charge in [0.25, 0.3) is 0 Å². The largest absolute Gasteiger partial charge is 0.497 e. The normalized spacial score (nSPS) is 13.1. The molecule has 1 unspecified atom stereocenters. The van der Waals surface area contributed by atoms with Crippen LogP contribution in [0.15, 0.2) is 59.5 Å². The Morgan fingerprint density at radius 1 is 0.955 bits per heavy atom. The summed E-state index contributed by atoms with van der Waals surface area (Å²) in [5, 5.41) is 0. The lowest BCUT2D eigenvalue weighted by Crippen LogP contribution is -2.31. The topological polar surface area (TPSA) is 55.4 Å². The first kappa shape index (κ1) is 16.5. The van der Waals surface area contributed by atoms with E-state index in [-0.39, 0.29) is 16.9 Å². The van der Waals surface area contributed by atoms with Gasteiger partial charge in [0.15, 0.2) is 0 Å². The van der Waals surface area contributed by atoms with Crippen molar-refractivity contribution in [2.24, 2.45) is 5.92 Å². The first-order chi connectivity index (χ1) is 10.4. The number of hydrogen-bond donors (Lipinski definition) is 1. The summed E-state index contributed by atoms with van der Waals surface area (Å²) in [5.74, 6) is 0.865. The first-order valence-electron chi connectivity index (χ1n) is 7.15. The zero-order chi connectivity index (χ0) is 16.2. The smallest absolute Gasteiger partial charge is 0.241 e. The molecule has 5 heteroatoms. The van der Waals surface area contributed by atoms with E-state index >= 15 is 0 Å². The zero-order valence-corrected chi connectivity index (χ0v) is 13.8. The Balaban J connectivity index is 2.29. The van der Waals surface area contributed by atoms with E-state index in [4.69, 9.17) is 4.74 Å². The quantitative estimate of drug-likeness (QED) is 0.888. The summed E-state index contributed by atoms with van der Waals surface area (Å²) in [5.41, 5.74) is 0.912. The van der Waals surface area contributed by atoms with Crippen molar-refractivity contribution in [3.63, 3.8) is 0 Å². The minimum absolute atomic E-state index is 0.117. The van der Waals surface area contributed by atoms with E-state index in [9.17, 15) is 8.42 Å². The highest BCUT2D eigenvalue weighted by Gasteiger charge is 2.23. The lowest BCUT2D eigenvalue weighted by atomic mass is 9.97. The molecule has 0 bridgehead atoms. The summed E-state index contributed by atoms with van der Waals surface area (Å²) >= 11 is 0. The molecule has 4 nitrogen and oxygen atoms in total. The standard InChI is InChI=1S/C17H21NO3S/c1-13(2)17(14-9-11-15(21-3)12-10-14)18-22(19,20)16-7-5-4-6-8-16/h4-13,17-18H,1-3H3. The van der Waals surface area contributed by atoms with Crippen LogP contribution in [0.2, 0.25) is 0 Å². The Morgan fingerprint density at radius 3 is 2.05 bits per heavy atom. The summed E-state index contributed by atoms with van der Waals surface area (Å²) in [6.07, 6.45) is 0. The SMILES string of the molecule is COc1ccc(C(NS(=O)(=O)c2ccccc2)C(C)C)cc1. The fraction of sp³-hybridized carbons (Fsp3) is 0.294. The average Bonchev–Trinajstić information content (AvgIpc) is 2.53. The van der Waals surface area contributed by atoms with Crippen LogP contribution in [-0.2, 0) is 10.0 Å².